The van der Waals surface area contributed by atoms with E-state index in [9.17, 15) is 10.1 Å². The maximum absolute atomic E-state index is 10.7. The van der Waals surface area contributed by atoms with Crippen LogP contribution in [0, 0.1) is 10.1 Å². The zero-order chi connectivity index (χ0) is 16.1. The fourth-order valence-corrected chi connectivity index (χ4v) is 2.53. The molecule has 0 saturated carbocycles. The Hall–Kier alpha value is -2.25. The molecular weight excluding hydrogens is 298 g/mol. The number of benzene rings is 1. The summed E-state index contributed by atoms with van der Waals surface area (Å²) in [6, 6.07) is 6.45. The topological polar surface area (TPSA) is 79.4 Å². The molecule has 0 unspecified atom stereocenters. The van der Waals surface area contributed by atoms with Crippen LogP contribution in [0.1, 0.15) is 19.3 Å². The monoisotopic (exact) mass is 317 g/mol. The summed E-state index contributed by atoms with van der Waals surface area (Å²) in [7, 11) is 0. The number of rotatable bonds is 6. The van der Waals surface area contributed by atoms with Crippen molar-refractivity contribution in [1.29, 1.82) is 0 Å². The normalized spacial score (nSPS) is 18.0. The Bertz CT molecular complexity index is 648. The first-order chi connectivity index (χ1) is 11.2. The van der Waals surface area contributed by atoms with Gasteiger partial charge in [-0.25, -0.2) is 0 Å². The molecule has 2 heterocycles. The number of nitro groups is 1. The molecule has 0 bridgehead atoms. The van der Waals surface area contributed by atoms with Gasteiger partial charge in [0.2, 0.25) is 0 Å². The third kappa shape index (κ3) is 4.14. The second kappa shape index (κ2) is 7.34. The molecule has 7 nitrogen and oxygen atoms in total. The zero-order valence-electron chi connectivity index (χ0n) is 12.8. The Morgan fingerprint density at radius 2 is 2.13 bits per heavy atom. The summed E-state index contributed by atoms with van der Waals surface area (Å²) < 4.78 is 13.0. The first-order valence-corrected chi connectivity index (χ1v) is 7.73. The summed E-state index contributed by atoms with van der Waals surface area (Å²) >= 11 is 0. The first-order valence-electron chi connectivity index (χ1n) is 7.73. The van der Waals surface area contributed by atoms with E-state index in [2.05, 4.69) is 5.10 Å². The Morgan fingerprint density at radius 1 is 1.30 bits per heavy atom. The van der Waals surface area contributed by atoms with Crippen molar-refractivity contribution in [3.8, 4) is 11.1 Å². The number of hydrogen-bond acceptors (Lipinski definition) is 5. The average Bonchev–Trinajstić information content (AvgIpc) is 3.05. The van der Waals surface area contributed by atoms with Gasteiger partial charge in [-0.2, -0.15) is 5.10 Å². The van der Waals surface area contributed by atoms with E-state index in [4.69, 9.17) is 9.47 Å². The lowest BCUT2D eigenvalue weighted by Gasteiger charge is -2.22. The van der Waals surface area contributed by atoms with E-state index in [1.165, 1.54) is 12.1 Å². The number of nitrogens with zero attached hydrogens (tertiary/aromatic N) is 3. The van der Waals surface area contributed by atoms with Crippen LogP contribution in [0.4, 0.5) is 5.69 Å². The van der Waals surface area contributed by atoms with E-state index >= 15 is 0 Å². The summed E-state index contributed by atoms with van der Waals surface area (Å²) in [6.45, 7) is 1.97. The number of non-ortho nitro benzene ring substituents is 1. The minimum Gasteiger partial charge on any atom is -0.353 e. The van der Waals surface area contributed by atoms with Crippen LogP contribution in [-0.4, -0.2) is 34.2 Å². The smallest absolute Gasteiger partial charge is 0.269 e. The quantitative estimate of drug-likeness (QED) is 0.604. The van der Waals surface area contributed by atoms with Crippen molar-refractivity contribution in [2.45, 2.75) is 32.1 Å². The van der Waals surface area contributed by atoms with Gasteiger partial charge >= 0.3 is 0 Å². The van der Waals surface area contributed by atoms with Gasteiger partial charge in [-0.05, 0) is 37.0 Å². The third-order valence-corrected chi connectivity index (χ3v) is 3.81. The van der Waals surface area contributed by atoms with Crippen LogP contribution in [0.5, 0.6) is 0 Å². The van der Waals surface area contributed by atoms with Crippen molar-refractivity contribution in [2.24, 2.45) is 0 Å². The summed E-state index contributed by atoms with van der Waals surface area (Å²) in [5.41, 5.74) is 1.91. The van der Waals surface area contributed by atoms with Gasteiger partial charge in [0.05, 0.1) is 24.3 Å². The van der Waals surface area contributed by atoms with Crippen LogP contribution >= 0.6 is 0 Å². The van der Waals surface area contributed by atoms with Crippen LogP contribution in [0.2, 0.25) is 0 Å². The highest BCUT2D eigenvalue weighted by Gasteiger charge is 2.13. The number of nitro benzene ring substituents is 1. The molecule has 2 aromatic rings. The molecule has 1 aliphatic heterocycles. The maximum atomic E-state index is 10.7. The predicted molar refractivity (Wildman–Crippen MR) is 83.9 cm³/mol. The summed E-state index contributed by atoms with van der Waals surface area (Å²) in [5, 5.41) is 15.0. The maximum Gasteiger partial charge on any atom is 0.269 e. The number of ether oxygens (including phenoxy) is 2. The van der Waals surface area contributed by atoms with E-state index < -0.39 is 4.92 Å². The van der Waals surface area contributed by atoms with Crippen LogP contribution in [-0.2, 0) is 16.0 Å². The van der Waals surface area contributed by atoms with Crippen molar-refractivity contribution in [3.63, 3.8) is 0 Å². The lowest BCUT2D eigenvalue weighted by Crippen LogP contribution is -2.24. The number of aromatic nitrogens is 2. The van der Waals surface area contributed by atoms with E-state index in [1.54, 1.807) is 23.0 Å². The van der Waals surface area contributed by atoms with Crippen molar-refractivity contribution < 1.29 is 14.4 Å². The van der Waals surface area contributed by atoms with Crippen molar-refractivity contribution >= 4 is 5.69 Å². The molecule has 3 rings (SSSR count). The van der Waals surface area contributed by atoms with E-state index in [-0.39, 0.29) is 12.0 Å². The molecule has 7 heteroatoms. The highest BCUT2D eigenvalue weighted by Crippen LogP contribution is 2.21. The van der Waals surface area contributed by atoms with E-state index in [1.807, 2.05) is 6.20 Å². The fourth-order valence-electron chi connectivity index (χ4n) is 2.53. The fraction of sp³-hybridized carbons (Fsp3) is 0.438. The van der Waals surface area contributed by atoms with Crippen LogP contribution < -0.4 is 0 Å². The van der Waals surface area contributed by atoms with Crippen LogP contribution in [0.3, 0.4) is 0 Å². The van der Waals surface area contributed by atoms with Crippen molar-refractivity contribution in [1.82, 2.24) is 9.78 Å². The Kier molecular flexibility index (Phi) is 4.99. The molecule has 0 radical (unpaired) electrons. The second-order valence-corrected chi connectivity index (χ2v) is 5.46. The molecule has 0 spiro atoms. The van der Waals surface area contributed by atoms with Crippen molar-refractivity contribution in [2.75, 3.05) is 13.2 Å². The molecule has 1 atom stereocenters. The molecule has 122 valence electrons. The van der Waals surface area contributed by atoms with Gasteiger partial charge in [0.25, 0.3) is 5.69 Å². The molecule has 1 saturated heterocycles. The third-order valence-electron chi connectivity index (χ3n) is 3.81. The molecule has 23 heavy (non-hydrogen) atoms. The van der Waals surface area contributed by atoms with E-state index in [0.717, 1.165) is 37.0 Å². The molecule has 0 N–H and O–H groups in total. The van der Waals surface area contributed by atoms with Gasteiger partial charge < -0.3 is 9.47 Å². The molecule has 1 fully saturated rings. The molecule has 1 aromatic heterocycles. The second-order valence-electron chi connectivity index (χ2n) is 5.46. The van der Waals surface area contributed by atoms with E-state index in [0.29, 0.717) is 13.2 Å². The van der Waals surface area contributed by atoms with Crippen LogP contribution in [0.15, 0.2) is 36.7 Å². The Labute approximate surface area is 134 Å². The summed E-state index contributed by atoms with van der Waals surface area (Å²) in [4.78, 5) is 10.3. The standard InChI is InChI=1S/C16H19N3O4/c20-19(21)15-6-4-13(5-7-15)14-11-17-18(12-14)8-10-23-16-3-1-2-9-22-16/h4-7,11-12,16H,1-3,8-10H2/t16-/m0/s1. The minimum absolute atomic E-state index is 0.0852. The van der Waals surface area contributed by atoms with Crippen LogP contribution in [0.25, 0.3) is 11.1 Å². The lowest BCUT2D eigenvalue weighted by atomic mass is 10.1. The molecule has 0 amide bonds. The molecule has 0 aliphatic carbocycles. The predicted octanol–water partition coefficient (Wildman–Crippen LogP) is 3.00. The zero-order valence-corrected chi connectivity index (χ0v) is 12.8. The van der Waals surface area contributed by atoms with Gasteiger partial charge in [0.15, 0.2) is 6.29 Å². The lowest BCUT2D eigenvalue weighted by molar-refractivity contribution is -0.384. The molecule has 1 aliphatic rings. The minimum atomic E-state index is -0.405. The number of hydrogen-bond donors (Lipinski definition) is 0. The average molecular weight is 317 g/mol. The van der Waals surface area contributed by atoms with Gasteiger partial charge in [0.1, 0.15) is 0 Å². The Balaban J connectivity index is 1.54. The molecular formula is C16H19N3O4. The van der Waals surface area contributed by atoms with Gasteiger partial charge in [-0.15, -0.1) is 0 Å². The highest BCUT2D eigenvalue weighted by molar-refractivity contribution is 5.63. The SMILES string of the molecule is O=[N+]([O-])c1ccc(-c2cnn(CCO[C@H]3CCCCO3)c2)cc1. The largest absolute Gasteiger partial charge is 0.353 e. The van der Waals surface area contributed by atoms with Gasteiger partial charge in [-0.3, -0.25) is 14.8 Å². The summed E-state index contributed by atoms with van der Waals surface area (Å²) in [5.74, 6) is 0. The van der Waals surface area contributed by atoms with Crippen molar-refractivity contribution in [3.05, 3.63) is 46.8 Å². The molecule has 1 aromatic carbocycles. The highest BCUT2D eigenvalue weighted by atomic mass is 16.7. The van der Waals surface area contributed by atoms with Gasteiger partial charge in [0, 0.05) is 30.5 Å². The Morgan fingerprint density at radius 3 is 2.83 bits per heavy atom. The first kappa shape index (κ1) is 15.6. The summed E-state index contributed by atoms with van der Waals surface area (Å²) in [6.07, 6.45) is 6.78. The van der Waals surface area contributed by atoms with Gasteiger partial charge in [-0.1, -0.05) is 0 Å².